The number of anilines is 1. The second-order valence-corrected chi connectivity index (χ2v) is 7.17. The summed E-state index contributed by atoms with van der Waals surface area (Å²) in [5.74, 6) is -1.21. The van der Waals surface area contributed by atoms with Crippen LogP contribution in [0.3, 0.4) is 0 Å². The Morgan fingerprint density at radius 3 is 2.61 bits per heavy atom. The van der Waals surface area contributed by atoms with E-state index in [9.17, 15) is 14.4 Å². The average Bonchev–Trinajstić information content (AvgIpc) is 3.46. The van der Waals surface area contributed by atoms with Crippen LogP contribution in [-0.4, -0.2) is 31.1 Å². The lowest BCUT2D eigenvalue weighted by Crippen LogP contribution is -2.21. The van der Waals surface area contributed by atoms with E-state index in [-0.39, 0.29) is 6.61 Å². The molecule has 28 heavy (non-hydrogen) atoms. The van der Waals surface area contributed by atoms with Crippen molar-refractivity contribution in [2.24, 2.45) is 0 Å². The molecule has 0 radical (unpaired) electrons. The first-order valence-corrected chi connectivity index (χ1v) is 9.94. The fourth-order valence-corrected chi connectivity index (χ4v) is 3.69. The van der Waals surface area contributed by atoms with Crippen LogP contribution < -0.4 is 5.32 Å². The summed E-state index contributed by atoms with van der Waals surface area (Å²) in [4.78, 5) is 36.2. The van der Waals surface area contributed by atoms with Gasteiger partial charge < -0.3 is 14.8 Å². The average molecular weight is 399 g/mol. The molecule has 0 unspecified atom stereocenters. The summed E-state index contributed by atoms with van der Waals surface area (Å²) in [6, 6.07) is 9.29. The van der Waals surface area contributed by atoms with Gasteiger partial charge in [-0.05, 0) is 48.3 Å². The molecule has 0 spiro atoms. The molecule has 1 aromatic carbocycles. The molecule has 1 N–H and O–H groups in total. The number of hydrogen-bond acceptors (Lipinski definition) is 6. The smallest absolute Gasteiger partial charge is 0.341 e. The van der Waals surface area contributed by atoms with Crippen molar-refractivity contribution in [3.05, 3.63) is 58.5 Å². The zero-order chi connectivity index (χ0) is 19.9. The molecular formula is C21H21NO5S. The fourth-order valence-electron chi connectivity index (χ4n) is 2.65. The highest BCUT2D eigenvalue weighted by Gasteiger charge is 2.32. The monoisotopic (exact) mass is 399 g/mol. The molecule has 2 aromatic rings. The molecule has 0 saturated heterocycles. The van der Waals surface area contributed by atoms with Crippen molar-refractivity contribution in [1.82, 2.24) is 0 Å². The van der Waals surface area contributed by atoms with E-state index < -0.39 is 24.5 Å². The fraction of sp³-hybridized carbons (Fsp3) is 0.286. The molecule has 1 aliphatic carbocycles. The van der Waals surface area contributed by atoms with E-state index in [1.807, 2.05) is 35.7 Å². The molecule has 0 aliphatic heterocycles. The maximum atomic E-state index is 12.3. The van der Waals surface area contributed by atoms with Crippen molar-refractivity contribution < 1.29 is 23.9 Å². The van der Waals surface area contributed by atoms with E-state index in [1.165, 1.54) is 17.4 Å². The van der Waals surface area contributed by atoms with Crippen LogP contribution in [0.15, 0.2) is 41.8 Å². The standard InChI is InChI=1S/C21H21NO5S/c1-2-26-21(25)19-16(15-9-10-15)13-28-20(19)22-17(23)12-27-18(24)11-8-14-6-4-3-5-7-14/h3-8,11,13,15H,2,9-10,12H2,1H3,(H,22,23)/b11-8+. The Bertz CT molecular complexity index is 883. The number of amides is 1. The van der Waals surface area contributed by atoms with Gasteiger partial charge in [0.1, 0.15) is 5.00 Å². The number of ether oxygens (including phenoxy) is 2. The van der Waals surface area contributed by atoms with Gasteiger partial charge in [-0.15, -0.1) is 11.3 Å². The van der Waals surface area contributed by atoms with Gasteiger partial charge in [0.25, 0.3) is 5.91 Å². The van der Waals surface area contributed by atoms with E-state index in [1.54, 1.807) is 13.0 Å². The third-order valence-electron chi connectivity index (χ3n) is 4.13. The molecule has 0 atom stereocenters. The van der Waals surface area contributed by atoms with Crippen molar-refractivity contribution in [1.29, 1.82) is 0 Å². The zero-order valence-electron chi connectivity index (χ0n) is 15.5. The van der Waals surface area contributed by atoms with Gasteiger partial charge in [0.05, 0.1) is 12.2 Å². The number of esters is 2. The van der Waals surface area contributed by atoms with Crippen LogP contribution in [0.2, 0.25) is 0 Å². The number of hydrogen-bond donors (Lipinski definition) is 1. The van der Waals surface area contributed by atoms with E-state index in [0.717, 1.165) is 24.0 Å². The van der Waals surface area contributed by atoms with E-state index in [2.05, 4.69) is 5.32 Å². The summed E-state index contributed by atoms with van der Waals surface area (Å²) >= 11 is 1.28. The van der Waals surface area contributed by atoms with Crippen LogP contribution in [0.5, 0.6) is 0 Å². The Morgan fingerprint density at radius 1 is 1.18 bits per heavy atom. The van der Waals surface area contributed by atoms with Crippen LogP contribution >= 0.6 is 11.3 Å². The van der Waals surface area contributed by atoms with Gasteiger partial charge in [0.2, 0.25) is 0 Å². The molecule has 3 rings (SSSR count). The zero-order valence-corrected chi connectivity index (χ0v) is 16.3. The Balaban J connectivity index is 1.57. The van der Waals surface area contributed by atoms with E-state index in [0.29, 0.717) is 16.5 Å². The summed E-state index contributed by atoms with van der Waals surface area (Å²) in [7, 11) is 0. The van der Waals surface area contributed by atoms with E-state index >= 15 is 0 Å². The topological polar surface area (TPSA) is 81.7 Å². The van der Waals surface area contributed by atoms with Gasteiger partial charge >= 0.3 is 11.9 Å². The minimum absolute atomic E-state index is 0.261. The SMILES string of the molecule is CCOC(=O)c1c(C2CC2)csc1NC(=O)COC(=O)/C=C/c1ccccc1. The first-order valence-electron chi connectivity index (χ1n) is 9.06. The molecule has 1 fully saturated rings. The van der Waals surface area contributed by atoms with Gasteiger partial charge in [-0.25, -0.2) is 9.59 Å². The molecular weight excluding hydrogens is 378 g/mol. The quantitative estimate of drug-likeness (QED) is 0.536. The molecule has 1 amide bonds. The summed E-state index contributed by atoms with van der Waals surface area (Å²) in [5, 5.41) is 4.97. The molecule has 6 nitrogen and oxygen atoms in total. The number of benzene rings is 1. The number of thiophene rings is 1. The molecule has 0 bridgehead atoms. The van der Waals surface area contributed by atoms with Crippen molar-refractivity contribution in [3.8, 4) is 0 Å². The summed E-state index contributed by atoms with van der Waals surface area (Å²) in [6.07, 6.45) is 4.94. The Morgan fingerprint density at radius 2 is 1.93 bits per heavy atom. The molecule has 1 heterocycles. The van der Waals surface area contributed by atoms with Crippen molar-refractivity contribution in [2.75, 3.05) is 18.5 Å². The largest absolute Gasteiger partial charge is 0.462 e. The highest BCUT2D eigenvalue weighted by molar-refractivity contribution is 7.15. The minimum Gasteiger partial charge on any atom is -0.462 e. The number of nitrogens with one attached hydrogen (secondary N) is 1. The van der Waals surface area contributed by atoms with Gasteiger partial charge in [-0.1, -0.05) is 30.3 Å². The van der Waals surface area contributed by atoms with Gasteiger partial charge in [-0.2, -0.15) is 0 Å². The Hall–Kier alpha value is -2.93. The molecule has 1 saturated carbocycles. The predicted octanol–water partition coefficient (Wildman–Crippen LogP) is 4.00. The summed E-state index contributed by atoms with van der Waals surface area (Å²) in [6.45, 7) is 1.57. The molecule has 1 aromatic heterocycles. The first kappa shape index (κ1) is 19.8. The first-order chi connectivity index (χ1) is 13.6. The second kappa shape index (κ2) is 9.32. The predicted molar refractivity (Wildman–Crippen MR) is 107 cm³/mol. The van der Waals surface area contributed by atoms with Gasteiger partial charge in [0.15, 0.2) is 6.61 Å². The van der Waals surface area contributed by atoms with Gasteiger partial charge in [-0.3, -0.25) is 4.79 Å². The maximum absolute atomic E-state index is 12.3. The lowest BCUT2D eigenvalue weighted by atomic mass is 10.1. The lowest BCUT2D eigenvalue weighted by molar-refractivity contribution is -0.142. The van der Waals surface area contributed by atoms with Crippen LogP contribution in [-0.2, 0) is 19.1 Å². The lowest BCUT2D eigenvalue weighted by Gasteiger charge is -2.08. The summed E-state index contributed by atoms with van der Waals surface area (Å²) in [5.41, 5.74) is 2.19. The van der Waals surface area contributed by atoms with Crippen molar-refractivity contribution in [2.45, 2.75) is 25.7 Å². The second-order valence-electron chi connectivity index (χ2n) is 6.29. The Labute approximate surface area is 167 Å². The molecule has 146 valence electrons. The number of carbonyl (C=O) groups is 3. The van der Waals surface area contributed by atoms with Crippen LogP contribution in [0.1, 0.15) is 47.2 Å². The van der Waals surface area contributed by atoms with Crippen molar-refractivity contribution in [3.63, 3.8) is 0 Å². The molecule has 7 heteroatoms. The minimum atomic E-state index is -0.616. The third kappa shape index (κ3) is 5.29. The van der Waals surface area contributed by atoms with Gasteiger partial charge in [0, 0.05) is 6.08 Å². The van der Waals surface area contributed by atoms with Crippen molar-refractivity contribution >= 4 is 40.3 Å². The van der Waals surface area contributed by atoms with Crippen LogP contribution in [0.4, 0.5) is 5.00 Å². The third-order valence-corrected chi connectivity index (χ3v) is 5.04. The Kier molecular flexibility index (Phi) is 6.60. The maximum Gasteiger partial charge on any atom is 0.341 e. The normalized spacial score (nSPS) is 13.3. The van der Waals surface area contributed by atoms with Crippen LogP contribution in [0, 0.1) is 0 Å². The highest BCUT2D eigenvalue weighted by atomic mass is 32.1. The summed E-state index contributed by atoms with van der Waals surface area (Å²) < 4.78 is 10.1. The molecule has 1 aliphatic rings. The number of carbonyl (C=O) groups excluding carboxylic acids is 3. The van der Waals surface area contributed by atoms with Crippen LogP contribution in [0.25, 0.3) is 6.08 Å². The number of rotatable bonds is 8. The highest BCUT2D eigenvalue weighted by Crippen LogP contribution is 2.46. The van der Waals surface area contributed by atoms with E-state index in [4.69, 9.17) is 9.47 Å².